The molecule has 110 valence electrons. The second-order valence-electron chi connectivity index (χ2n) is 6.57. The Labute approximate surface area is 116 Å². The molecule has 4 heteroatoms. The summed E-state index contributed by atoms with van der Waals surface area (Å²) in [4.78, 5) is 11.7. The molecule has 0 aromatic rings. The third-order valence-electron chi connectivity index (χ3n) is 5.01. The van der Waals surface area contributed by atoms with Crippen LogP contribution >= 0.6 is 0 Å². The molecular weight excluding hydrogens is 240 g/mol. The molecule has 0 aliphatic heterocycles. The zero-order valence-corrected chi connectivity index (χ0v) is 12.4. The molecule has 19 heavy (non-hydrogen) atoms. The van der Waals surface area contributed by atoms with Crippen LogP contribution in [0.4, 0.5) is 0 Å². The van der Waals surface area contributed by atoms with E-state index in [9.17, 15) is 9.90 Å². The highest BCUT2D eigenvalue weighted by molar-refractivity contribution is 5.83. The van der Waals surface area contributed by atoms with E-state index < -0.39 is 6.23 Å². The van der Waals surface area contributed by atoms with Crippen molar-refractivity contribution in [2.24, 2.45) is 17.3 Å². The molecule has 3 N–H and O–H groups in total. The molecule has 0 aromatic heterocycles. The summed E-state index contributed by atoms with van der Waals surface area (Å²) in [5.74, 6) is 1.38. The summed E-state index contributed by atoms with van der Waals surface area (Å²) < 4.78 is 0. The minimum atomic E-state index is -0.535. The van der Waals surface area contributed by atoms with Crippen LogP contribution in [-0.2, 0) is 4.79 Å². The van der Waals surface area contributed by atoms with Gasteiger partial charge in [-0.2, -0.15) is 0 Å². The number of ketones is 1. The maximum Gasteiger partial charge on any atom is 0.147 e. The number of aliphatic hydroxyl groups is 1. The first-order chi connectivity index (χ1) is 9.00. The van der Waals surface area contributed by atoms with Crippen molar-refractivity contribution < 1.29 is 9.90 Å². The number of carbonyl (C=O) groups is 1. The summed E-state index contributed by atoms with van der Waals surface area (Å²) >= 11 is 0. The molecule has 0 spiro atoms. The van der Waals surface area contributed by atoms with E-state index in [-0.39, 0.29) is 11.8 Å². The standard InChI is InChI=1S/C15H28N2O2/c1-10(18)14(13-11-9-15(11,13)2)17-12(19)7-5-4-6-8-16-3/h11-14,16-17,19H,4-9H2,1-3H3. The average Bonchev–Trinajstić information content (AvgIpc) is 3.16. The van der Waals surface area contributed by atoms with Crippen LogP contribution < -0.4 is 10.6 Å². The van der Waals surface area contributed by atoms with E-state index >= 15 is 0 Å². The average molecular weight is 268 g/mol. The van der Waals surface area contributed by atoms with Crippen molar-refractivity contribution in [1.29, 1.82) is 0 Å². The largest absolute Gasteiger partial charge is 0.379 e. The lowest BCUT2D eigenvalue weighted by atomic mass is 9.95. The Morgan fingerprint density at radius 2 is 2.11 bits per heavy atom. The first-order valence-electron chi connectivity index (χ1n) is 7.60. The molecule has 2 saturated carbocycles. The molecule has 4 nitrogen and oxygen atoms in total. The van der Waals surface area contributed by atoms with Gasteiger partial charge in [0.25, 0.3) is 0 Å². The number of fused-ring (bicyclic) bond motifs is 1. The van der Waals surface area contributed by atoms with E-state index in [0.717, 1.165) is 38.1 Å². The van der Waals surface area contributed by atoms with Gasteiger partial charge in [0.2, 0.25) is 0 Å². The molecule has 0 amide bonds. The van der Waals surface area contributed by atoms with Gasteiger partial charge in [-0.05, 0) is 63.5 Å². The number of unbranched alkanes of at least 4 members (excludes halogenated alkanes) is 2. The van der Waals surface area contributed by atoms with Crippen LogP contribution in [0.3, 0.4) is 0 Å². The van der Waals surface area contributed by atoms with Gasteiger partial charge < -0.3 is 10.4 Å². The number of Topliss-reactive ketones (excluding diaryl/α,β-unsaturated/α-hetero) is 1. The molecule has 5 unspecified atom stereocenters. The lowest BCUT2D eigenvalue weighted by molar-refractivity contribution is -0.121. The van der Waals surface area contributed by atoms with Crippen molar-refractivity contribution in [3.8, 4) is 0 Å². The number of carbonyl (C=O) groups excluding carboxylic acids is 1. The van der Waals surface area contributed by atoms with E-state index in [0.29, 0.717) is 11.3 Å². The van der Waals surface area contributed by atoms with E-state index in [1.54, 1.807) is 6.92 Å². The zero-order chi connectivity index (χ0) is 14.0. The minimum absolute atomic E-state index is 0.129. The molecule has 2 rings (SSSR count). The molecule has 0 saturated heterocycles. The van der Waals surface area contributed by atoms with E-state index in [2.05, 4.69) is 17.6 Å². The fraction of sp³-hybridized carbons (Fsp3) is 0.933. The smallest absolute Gasteiger partial charge is 0.147 e. The summed E-state index contributed by atoms with van der Waals surface area (Å²) in [6, 6.07) is -0.129. The molecule has 2 aliphatic rings. The van der Waals surface area contributed by atoms with Crippen molar-refractivity contribution in [2.45, 2.75) is 58.2 Å². The van der Waals surface area contributed by atoms with Crippen LogP contribution in [0.1, 0.15) is 46.0 Å². The van der Waals surface area contributed by atoms with Gasteiger partial charge in [0.05, 0.1) is 6.04 Å². The van der Waals surface area contributed by atoms with Gasteiger partial charge in [-0.1, -0.05) is 13.3 Å². The van der Waals surface area contributed by atoms with Gasteiger partial charge in [-0.15, -0.1) is 0 Å². The molecule has 0 radical (unpaired) electrons. The first kappa shape index (κ1) is 14.9. The van der Waals surface area contributed by atoms with Crippen LogP contribution in [0.5, 0.6) is 0 Å². The number of nitrogens with one attached hydrogen (secondary N) is 2. The van der Waals surface area contributed by atoms with Crippen LogP contribution in [0.2, 0.25) is 0 Å². The second-order valence-corrected chi connectivity index (χ2v) is 6.57. The summed E-state index contributed by atoms with van der Waals surface area (Å²) in [6.07, 6.45) is 4.74. The van der Waals surface area contributed by atoms with Crippen LogP contribution in [0.15, 0.2) is 0 Å². The maximum absolute atomic E-state index is 11.7. The van der Waals surface area contributed by atoms with Crippen LogP contribution in [0, 0.1) is 17.3 Å². The molecule has 2 aliphatic carbocycles. The van der Waals surface area contributed by atoms with Crippen molar-refractivity contribution in [3.05, 3.63) is 0 Å². The predicted molar refractivity (Wildman–Crippen MR) is 75.7 cm³/mol. The highest BCUT2D eigenvalue weighted by atomic mass is 16.3. The Hall–Kier alpha value is -0.450. The van der Waals surface area contributed by atoms with Crippen LogP contribution in [-0.4, -0.2) is 36.8 Å². The Kier molecular flexibility index (Phi) is 4.64. The fourth-order valence-electron chi connectivity index (χ4n) is 3.41. The highest BCUT2D eigenvalue weighted by Gasteiger charge is 2.77. The number of rotatable bonds is 10. The third kappa shape index (κ3) is 3.36. The Bertz CT molecular complexity index is 334. The van der Waals surface area contributed by atoms with Crippen molar-refractivity contribution in [3.63, 3.8) is 0 Å². The molecule has 0 bridgehead atoms. The summed E-state index contributed by atoms with van der Waals surface area (Å²) in [5.41, 5.74) is 0.413. The van der Waals surface area contributed by atoms with Gasteiger partial charge in [-0.3, -0.25) is 10.1 Å². The second kappa shape index (κ2) is 5.90. The van der Waals surface area contributed by atoms with Gasteiger partial charge in [-0.25, -0.2) is 0 Å². The Morgan fingerprint density at radius 3 is 2.58 bits per heavy atom. The minimum Gasteiger partial charge on any atom is -0.379 e. The van der Waals surface area contributed by atoms with Gasteiger partial charge in [0, 0.05) is 0 Å². The van der Waals surface area contributed by atoms with E-state index in [1.165, 1.54) is 6.42 Å². The van der Waals surface area contributed by atoms with Gasteiger partial charge in [0.1, 0.15) is 12.0 Å². The fourth-order valence-corrected chi connectivity index (χ4v) is 3.41. The molecule has 2 fully saturated rings. The Balaban J connectivity index is 1.65. The zero-order valence-electron chi connectivity index (χ0n) is 12.4. The predicted octanol–water partition coefficient (Wildman–Crippen LogP) is 1.29. The van der Waals surface area contributed by atoms with Crippen molar-refractivity contribution in [2.75, 3.05) is 13.6 Å². The lowest BCUT2D eigenvalue weighted by Crippen LogP contribution is -2.46. The molecule has 5 atom stereocenters. The molecular formula is C15H28N2O2. The first-order valence-corrected chi connectivity index (χ1v) is 7.60. The normalized spacial score (nSPS) is 34.5. The van der Waals surface area contributed by atoms with Gasteiger partial charge in [0.15, 0.2) is 0 Å². The monoisotopic (exact) mass is 268 g/mol. The topological polar surface area (TPSA) is 61.4 Å². The van der Waals surface area contributed by atoms with Crippen LogP contribution in [0.25, 0.3) is 0 Å². The quantitative estimate of drug-likeness (QED) is 0.413. The Morgan fingerprint density at radius 1 is 1.42 bits per heavy atom. The highest BCUT2D eigenvalue weighted by Crippen LogP contribution is 2.80. The SMILES string of the molecule is CNCCCCCC(O)NC(C(C)=O)C1C2CC21C. The summed E-state index contributed by atoms with van der Waals surface area (Å²) in [6.45, 7) is 4.92. The van der Waals surface area contributed by atoms with E-state index in [4.69, 9.17) is 0 Å². The molecule has 0 heterocycles. The van der Waals surface area contributed by atoms with Crippen molar-refractivity contribution >= 4 is 5.78 Å². The lowest BCUT2D eigenvalue weighted by Gasteiger charge is -2.24. The number of aliphatic hydroxyl groups excluding tert-OH is 1. The van der Waals surface area contributed by atoms with E-state index in [1.807, 2.05) is 7.05 Å². The summed E-state index contributed by atoms with van der Waals surface area (Å²) in [7, 11) is 1.95. The maximum atomic E-state index is 11.7. The van der Waals surface area contributed by atoms with Crippen molar-refractivity contribution in [1.82, 2.24) is 10.6 Å². The summed E-state index contributed by atoms with van der Waals surface area (Å²) in [5, 5.41) is 16.3. The third-order valence-corrected chi connectivity index (χ3v) is 5.01. The number of hydrogen-bond donors (Lipinski definition) is 3. The molecule has 0 aromatic carbocycles. The van der Waals surface area contributed by atoms with Gasteiger partial charge >= 0.3 is 0 Å². The number of hydrogen-bond acceptors (Lipinski definition) is 4.